The van der Waals surface area contributed by atoms with E-state index in [0.717, 1.165) is 17.8 Å². The van der Waals surface area contributed by atoms with Crippen LogP contribution in [0.4, 0.5) is 0 Å². The summed E-state index contributed by atoms with van der Waals surface area (Å²) in [4.78, 5) is 16.4. The van der Waals surface area contributed by atoms with E-state index in [-0.39, 0.29) is 11.5 Å². The number of hydrogen-bond donors (Lipinski definition) is 0. The number of rotatable bonds is 1. The molecule has 1 saturated heterocycles. The first-order chi connectivity index (χ1) is 6.43. The summed E-state index contributed by atoms with van der Waals surface area (Å²) in [7, 11) is 0. The lowest BCUT2D eigenvalue weighted by molar-refractivity contribution is -0.182. The number of hydrogen-bond acceptors (Lipinski definition) is 3. The molecule has 0 spiro atoms. The Balaban J connectivity index is 0.000000791. The molecule has 1 fully saturated rings. The number of carbonyl (C=O) groups is 1. The Kier molecular flexibility index (Phi) is 5.05. The van der Waals surface area contributed by atoms with Gasteiger partial charge in [-0.05, 0) is 20.3 Å². The highest BCUT2D eigenvalue weighted by molar-refractivity contribution is 7.80. The summed E-state index contributed by atoms with van der Waals surface area (Å²) >= 11 is 5.06. The van der Waals surface area contributed by atoms with Gasteiger partial charge in [0.15, 0.2) is 0 Å². The highest BCUT2D eigenvalue weighted by Crippen LogP contribution is 2.30. The first-order valence-electron chi connectivity index (χ1n) is 4.95. The summed E-state index contributed by atoms with van der Waals surface area (Å²) in [5.41, 5.74) is -0.136. The monoisotopic (exact) mass is 217 g/mol. The summed E-state index contributed by atoms with van der Waals surface area (Å²) in [6.45, 7) is 9.40. The molecule has 0 radical (unpaired) electrons. The maximum Gasteiger partial charge on any atom is 0.329 e. The number of hydroxylamine groups is 2. The molecule has 0 amide bonds. The second-order valence-electron chi connectivity index (χ2n) is 3.58. The van der Waals surface area contributed by atoms with Crippen LogP contribution < -0.4 is 0 Å². The maximum absolute atomic E-state index is 10.7. The van der Waals surface area contributed by atoms with Crippen molar-refractivity contribution in [2.75, 3.05) is 0 Å². The lowest BCUT2D eigenvalue weighted by Gasteiger charge is -2.30. The van der Waals surface area contributed by atoms with Crippen LogP contribution in [-0.2, 0) is 9.63 Å². The second-order valence-corrected chi connectivity index (χ2v) is 4.05. The van der Waals surface area contributed by atoms with Gasteiger partial charge in [0.1, 0.15) is 4.99 Å². The fourth-order valence-corrected chi connectivity index (χ4v) is 1.64. The summed E-state index contributed by atoms with van der Waals surface area (Å²) in [5.74, 6) is -0.313. The fraction of sp³-hybridized carbons (Fsp3) is 0.800. The van der Waals surface area contributed by atoms with Crippen LogP contribution in [0, 0.1) is 0 Å². The Morgan fingerprint density at radius 3 is 2.29 bits per heavy atom. The number of thiocarbonyl (C=S) groups is 1. The van der Waals surface area contributed by atoms with E-state index in [9.17, 15) is 4.79 Å². The van der Waals surface area contributed by atoms with Crippen LogP contribution in [0.1, 0.15) is 47.5 Å². The molecular weight excluding hydrogens is 198 g/mol. The Morgan fingerprint density at radius 2 is 2.00 bits per heavy atom. The first-order valence-corrected chi connectivity index (χ1v) is 5.36. The van der Waals surface area contributed by atoms with Gasteiger partial charge in [0, 0.05) is 13.3 Å². The zero-order chi connectivity index (χ0) is 11.4. The molecule has 0 aromatic heterocycles. The first kappa shape index (κ1) is 13.4. The largest absolute Gasteiger partial charge is 0.340 e. The van der Waals surface area contributed by atoms with Gasteiger partial charge in [-0.15, -0.1) is 0 Å². The fourth-order valence-electron chi connectivity index (χ4n) is 1.26. The van der Waals surface area contributed by atoms with Crippen molar-refractivity contribution in [3.05, 3.63) is 0 Å². The van der Waals surface area contributed by atoms with Gasteiger partial charge in [0.25, 0.3) is 0 Å². The van der Waals surface area contributed by atoms with E-state index in [2.05, 4.69) is 0 Å². The molecule has 1 rings (SSSR count). The van der Waals surface area contributed by atoms with E-state index < -0.39 is 0 Å². The molecule has 0 unspecified atom stereocenters. The summed E-state index contributed by atoms with van der Waals surface area (Å²) < 4.78 is 0. The van der Waals surface area contributed by atoms with E-state index in [4.69, 9.17) is 17.1 Å². The van der Waals surface area contributed by atoms with Crippen molar-refractivity contribution in [3.8, 4) is 0 Å². The number of nitrogens with zero attached hydrogens (tertiary/aromatic N) is 1. The average Bonchev–Trinajstić information content (AvgIpc) is 2.35. The lowest BCUT2D eigenvalue weighted by Crippen LogP contribution is -2.41. The normalized spacial score (nSPS) is 18.6. The standard InChI is InChI=1S/C8H13NO2S.C2H6/c1-6(10)11-9-7(12)4-5-8(9,2)3;1-2/h4-5H2,1-3H3;1-2H3. The Morgan fingerprint density at radius 1 is 1.50 bits per heavy atom. The summed E-state index contributed by atoms with van der Waals surface area (Å²) in [5, 5.41) is 1.55. The highest BCUT2D eigenvalue weighted by Gasteiger charge is 2.37. The van der Waals surface area contributed by atoms with Crippen LogP contribution >= 0.6 is 12.2 Å². The van der Waals surface area contributed by atoms with Crippen molar-refractivity contribution >= 4 is 23.2 Å². The summed E-state index contributed by atoms with van der Waals surface area (Å²) in [6.07, 6.45) is 1.77. The molecule has 1 aliphatic heterocycles. The third kappa shape index (κ3) is 3.25. The van der Waals surface area contributed by atoms with E-state index >= 15 is 0 Å². The van der Waals surface area contributed by atoms with Crippen molar-refractivity contribution in [3.63, 3.8) is 0 Å². The predicted molar refractivity (Wildman–Crippen MR) is 60.9 cm³/mol. The Bertz CT molecular complexity index is 226. The van der Waals surface area contributed by atoms with Crippen LogP contribution in [0.3, 0.4) is 0 Å². The highest BCUT2D eigenvalue weighted by atomic mass is 32.1. The van der Waals surface area contributed by atoms with Crippen molar-refractivity contribution in [1.29, 1.82) is 0 Å². The predicted octanol–water partition coefficient (Wildman–Crippen LogP) is 2.69. The Hall–Kier alpha value is -0.640. The number of carbonyl (C=O) groups excluding carboxylic acids is 1. The zero-order valence-corrected chi connectivity index (χ0v) is 10.4. The zero-order valence-electron chi connectivity index (χ0n) is 9.59. The van der Waals surface area contributed by atoms with Crippen molar-refractivity contribution in [2.45, 2.75) is 53.0 Å². The minimum atomic E-state index is -0.313. The molecule has 0 saturated carbocycles. The molecule has 1 heterocycles. The Labute approximate surface area is 91.4 Å². The average molecular weight is 217 g/mol. The molecule has 0 atom stereocenters. The van der Waals surface area contributed by atoms with E-state index in [0.29, 0.717) is 0 Å². The van der Waals surface area contributed by atoms with Crippen LogP contribution in [0.25, 0.3) is 0 Å². The van der Waals surface area contributed by atoms with Gasteiger partial charge in [-0.3, -0.25) is 4.79 Å². The topological polar surface area (TPSA) is 29.5 Å². The molecular formula is C10H19NO2S. The van der Waals surface area contributed by atoms with Gasteiger partial charge in [-0.25, -0.2) is 0 Å². The maximum atomic E-state index is 10.7. The van der Waals surface area contributed by atoms with Gasteiger partial charge >= 0.3 is 5.97 Å². The molecule has 0 bridgehead atoms. The van der Waals surface area contributed by atoms with Crippen LogP contribution in [-0.4, -0.2) is 21.6 Å². The van der Waals surface area contributed by atoms with Gasteiger partial charge in [0.2, 0.25) is 0 Å². The third-order valence-corrected chi connectivity index (χ3v) is 2.32. The molecule has 1 aliphatic rings. The van der Waals surface area contributed by atoms with Crippen molar-refractivity contribution < 1.29 is 9.63 Å². The molecule has 3 nitrogen and oxygen atoms in total. The van der Waals surface area contributed by atoms with E-state index in [1.54, 1.807) is 5.06 Å². The molecule has 0 aromatic carbocycles. The minimum Gasteiger partial charge on any atom is -0.340 e. The molecule has 4 heteroatoms. The van der Waals surface area contributed by atoms with E-state index in [1.807, 2.05) is 27.7 Å². The minimum absolute atomic E-state index is 0.136. The van der Waals surface area contributed by atoms with E-state index in [1.165, 1.54) is 6.92 Å². The van der Waals surface area contributed by atoms with Crippen LogP contribution in [0.15, 0.2) is 0 Å². The quantitative estimate of drug-likeness (QED) is 0.632. The SMILES string of the molecule is CC.CC(=O)ON1C(=S)CCC1(C)C. The van der Waals surface area contributed by atoms with Crippen LogP contribution in [0.5, 0.6) is 0 Å². The van der Waals surface area contributed by atoms with Gasteiger partial charge < -0.3 is 4.84 Å². The van der Waals surface area contributed by atoms with Gasteiger partial charge in [0.05, 0.1) is 5.54 Å². The smallest absolute Gasteiger partial charge is 0.329 e. The van der Waals surface area contributed by atoms with Gasteiger partial charge in [-0.1, -0.05) is 26.1 Å². The van der Waals surface area contributed by atoms with Crippen molar-refractivity contribution in [2.24, 2.45) is 0 Å². The third-order valence-electron chi connectivity index (χ3n) is 1.95. The lowest BCUT2D eigenvalue weighted by atomic mass is 10.0. The molecule has 0 N–H and O–H groups in total. The molecule has 82 valence electrons. The van der Waals surface area contributed by atoms with Crippen LogP contribution in [0.2, 0.25) is 0 Å². The van der Waals surface area contributed by atoms with Gasteiger partial charge in [-0.2, -0.15) is 5.06 Å². The van der Waals surface area contributed by atoms with Crippen molar-refractivity contribution in [1.82, 2.24) is 5.06 Å². The summed E-state index contributed by atoms with van der Waals surface area (Å²) in [6, 6.07) is 0. The molecule has 0 aliphatic carbocycles. The second kappa shape index (κ2) is 5.29. The molecule has 0 aromatic rings. The molecule has 14 heavy (non-hydrogen) atoms.